The van der Waals surface area contributed by atoms with Crippen molar-refractivity contribution in [2.24, 2.45) is 0 Å². The fourth-order valence-corrected chi connectivity index (χ4v) is 2.82. The Hall–Kier alpha value is -1.52. The molecule has 5 heteroatoms. The third-order valence-corrected chi connectivity index (χ3v) is 4.06. The van der Waals surface area contributed by atoms with Crippen molar-refractivity contribution in [2.75, 3.05) is 17.7 Å². The molecule has 124 valence electrons. The number of hydrogen-bond acceptors (Lipinski definition) is 5. The highest BCUT2D eigenvalue weighted by Gasteiger charge is 2.22. The van der Waals surface area contributed by atoms with Crippen LogP contribution in [0.25, 0.3) is 0 Å². The van der Waals surface area contributed by atoms with E-state index in [9.17, 15) is 0 Å². The molecule has 0 saturated heterocycles. The highest BCUT2D eigenvalue weighted by Crippen LogP contribution is 2.35. The molecular formula is C17H30N4O. The van der Waals surface area contributed by atoms with Crippen molar-refractivity contribution < 1.29 is 4.74 Å². The minimum atomic E-state index is 0.278. The van der Waals surface area contributed by atoms with E-state index in [1.54, 1.807) is 0 Å². The zero-order valence-electron chi connectivity index (χ0n) is 14.2. The van der Waals surface area contributed by atoms with Crippen LogP contribution in [0.1, 0.15) is 77.5 Å². The molecule has 1 aliphatic rings. The van der Waals surface area contributed by atoms with Gasteiger partial charge in [0.2, 0.25) is 5.88 Å². The Morgan fingerprint density at radius 2 is 1.95 bits per heavy atom. The third-order valence-electron chi connectivity index (χ3n) is 4.06. The number of nitrogens with one attached hydrogen (secondary N) is 1. The predicted octanol–water partition coefficient (Wildman–Crippen LogP) is 4.11. The van der Waals surface area contributed by atoms with Crippen LogP contribution < -0.4 is 15.8 Å². The maximum atomic E-state index is 6.20. The summed E-state index contributed by atoms with van der Waals surface area (Å²) in [7, 11) is 0. The van der Waals surface area contributed by atoms with E-state index in [0.29, 0.717) is 24.1 Å². The molecule has 0 aromatic carbocycles. The molecule has 1 aromatic heterocycles. The Labute approximate surface area is 134 Å². The lowest BCUT2D eigenvalue weighted by Gasteiger charge is -2.22. The van der Waals surface area contributed by atoms with Gasteiger partial charge in [0.1, 0.15) is 11.5 Å². The fraction of sp³-hybridized carbons (Fsp3) is 0.765. The monoisotopic (exact) mass is 306 g/mol. The minimum absolute atomic E-state index is 0.278. The van der Waals surface area contributed by atoms with Gasteiger partial charge in [-0.25, -0.2) is 4.98 Å². The molecule has 5 nitrogen and oxygen atoms in total. The van der Waals surface area contributed by atoms with E-state index in [1.807, 2.05) is 0 Å². The quantitative estimate of drug-likeness (QED) is 0.742. The maximum Gasteiger partial charge on any atom is 0.242 e. The Morgan fingerprint density at radius 1 is 1.23 bits per heavy atom. The summed E-state index contributed by atoms with van der Waals surface area (Å²) < 4.78 is 5.81. The van der Waals surface area contributed by atoms with Crippen molar-refractivity contribution in [3.63, 3.8) is 0 Å². The second-order valence-corrected chi connectivity index (χ2v) is 6.49. The first kappa shape index (κ1) is 16.8. The SMILES string of the molecule is CCCCOc1nc(C2CCCCC2)nc(NC(C)C)c1N. The number of nitrogens with two attached hydrogens (primary N) is 1. The molecule has 1 heterocycles. The largest absolute Gasteiger partial charge is 0.476 e. The summed E-state index contributed by atoms with van der Waals surface area (Å²) in [5, 5.41) is 3.33. The van der Waals surface area contributed by atoms with E-state index in [2.05, 4.69) is 31.1 Å². The molecule has 0 bridgehead atoms. The molecule has 1 aliphatic carbocycles. The van der Waals surface area contributed by atoms with Crippen molar-refractivity contribution in [2.45, 2.75) is 77.7 Å². The highest BCUT2D eigenvalue weighted by molar-refractivity contribution is 5.67. The van der Waals surface area contributed by atoms with E-state index in [1.165, 1.54) is 32.1 Å². The first-order chi connectivity index (χ1) is 10.6. The lowest BCUT2D eigenvalue weighted by Crippen LogP contribution is -2.18. The van der Waals surface area contributed by atoms with Crippen LogP contribution in [0.2, 0.25) is 0 Å². The lowest BCUT2D eigenvalue weighted by atomic mass is 9.88. The first-order valence-electron chi connectivity index (χ1n) is 8.68. The van der Waals surface area contributed by atoms with Gasteiger partial charge in [0.15, 0.2) is 5.82 Å². The molecule has 1 fully saturated rings. The molecule has 0 unspecified atom stereocenters. The van der Waals surface area contributed by atoms with Crippen LogP contribution in [0.4, 0.5) is 11.5 Å². The van der Waals surface area contributed by atoms with Crippen molar-refractivity contribution in [3.05, 3.63) is 5.82 Å². The van der Waals surface area contributed by atoms with Crippen molar-refractivity contribution in [1.29, 1.82) is 0 Å². The van der Waals surface area contributed by atoms with Crippen molar-refractivity contribution in [1.82, 2.24) is 9.97 Å². The average molecular weight is 306 g/mol. The Bertz CT molecular complexity index is 470. The summed E-state index contributed by atoms with van der Waals surface area (Å²) in [6.07, 6.45) is 8.28. The molecular weight excluding hydrogens is 276 g/mol. The summed E-state index contributed by atoms with van der Waals surface area (Å²) in [6, 6.07) is 0.278. The zero-order chi connectivity index (χ0) is 15.9. The second kappa shape index (κ2) is 8.20. The number of hydrogen-bond donors (Lipinski definition) is 2. The molecule has 1 saturated carbocycles. The Morgan fingerprint density at radius 3 is 2.59 bits per heavy atom. The summed E-state index contributed by atoms with van der Waals surface area (Å²) >= 11 is 0. The number of aromatic nitrogens is 2. The van der Waals surface area contributed by atoms with Crippen LogP contribution in [0, 0.1) is 0 Å². The van der Waals surface area contributed by atoms with Gasteiger partial charge in [-0.3, -0.25) is 0 Å². The van der Waals surface area contributed by atoms with Gasteiger partial charge in [-0.2, -0.15) is 4.98 Å². The smallest absolute Gasteiger partial charge is 0.242 e. The topological polar surface area (TPSA) is 73.1 Å². The lowest BCUT2D eigenvalue weighted by molar-refractivity contribution is 0.296. The van der Waals surface area contributed by atoms with Gasteiger partial charge in [-0.05, 0) is 33.1 Å². The number of nitrogen functional groups attached to an aromatic ring is 1. The molecule has 0 radical (unpaired) electrons. The van der Waals surface area contributed by atoms with Gasteiger partial charge in [0.05, 0.1) is 6.61 Å². The van der Waals surface area contributed by atoms with Gasteiger partial charge in [0.25, 0.3) is 0 Å². The average Bonchev–Trinajstić information content (AvgIpc) is 2.51. The van der Waals surface area contributed by atoms with Gasteiger partial charge in [-0.1, -0.05) is 32.6 Å². The molecule has 0 spiro atoms. The molecule has 0 amide bonds. The van der Waals surface area contributed by atoms with Crippen LogP contribution >= 0.6 is 0 Å². The van der Waals surface area contributed by atoms with Crippen LogP contribution in [0.3, 0.4) is 0 Å². The predicted molar refractivity (Wildman–Crippen MR) is 91.4 cm³/mol. The normalized spacial score (nSPS) is 16.0. The summed E-state index contributed by atoms with van der Waals surface area (Å²) in [5.74, 6) is 2.60. The van der Waals surface area contributed by atoms with Crippen molar-refractivity contribution in [3.8, 4) is 5.88 Å². The zero-order valence-corrected chi connectivity index (χ0v) is 14.2. The van der Waals surface area contributed by atoms with E-state index in [4.69, 9.17) is 15.5 Å². The first-order valence-corrected chi connectivity index (χ1v) is 8.68. The van der Waals surface area contributed by atoms with Gasteiger partial charge >= 0.3 is 0 Å². The van der Waals surface area contributed by atoms with Crippen molar-refractivity contribution >= 4 is 11.5 Å². The Kier molecular flexibility index (Phi) is 6.28. The number of unbranched alkanes of at least 4 members (excludes halogenated alkanes) is 1. The molecule has 22 heavy (non-hydrogen) atoms. The summed E-state index contributed by atoms with van der Waals surface area (Å²) in [6.45, 7) is 6.97. The van der Waals surface area contributed by atoms with E-state index in [-0.39, 0.29) is 6.04 Å². The van der Waals surface area contributed by atoms with Gasteiger partial charge in [0, 0.05) is 12.0 Å². The van der Waals surface area contributed by atoms with Crippen LogP contribution in [0.15, 0.2) is 0 Å². The Balaban J connectivity index is 2.25. The standard InChI is InChI=1S/C17H30N4O/c1-4-5-11-22-17-14(18)16(19-12(2)3)20-15(21-17)13-9-7-6-8-10-13/h12-13H,4-11,18H2,1-3H3,(H,19,20,21). The van der Waals surface area contributed by atoms with Crippen LogP contribution in [0.5, 0.6) is 5.88 Å². The van der Waals surface area contributed by atoms with E-state index in [0.717, 1.165) is 24.5 Å². The third kappa shape index (κ3) is 4.49. The summed E-state index contributed by atoms with van der Waals surface area (Å²) in [5.41, 5.74) is 6.73. The van der Waals surface area contributed by atoms with E-state index >= 15 is 0 Å². The minimum Gasteiger partial charge on any atom is -0.476 e. The van der Waals surface area contributed by atoms with Crippen LogP contribution in [-0.2, 0) is 0 Å². The van der Waals surface area contributed by atoms with E-state index < -0.39 is 0 Å². The number of rotatable bonds is 7. The number of anilines is 2. The number of nitrogens with zero attached hydrogens (tertiary/aromatic N) is 2. The van der Waals surface area contributed by atoms with Gasteiger partial charge in [-0.15, -0.1) is 0 Å². The molecule has 0 atom stereocenters. The summed E-state index contributed by atoms with van der Waals surface area (Å²) in [4.78, 5) is 9.34. The van der Waals surface area contributed by atoms with Crippen LogP contribution in [-0.4, -0.2) is 22.6 Å². The molecule has 2 rings (SSSR count). The van der Waals surface area contributed by atoms with Gasteiger partial charge < -0.3 is 15.8 Å². The highest BCUT2D eigenvalue weighted by atomic mass is 16.5. The fourth-order valence-electron chi connectivity index (χ4n) is 2.82. The second-order valence-electron chi connectivity index (χ2n) is 6.49. The molecule has 1 aromatic rings. The molecule has 0 aliphatic heterocycles. The maximum absolute atomic E-state index is 6.20. The molecule has 3 N–H and O–H groups in total. The number of ether oxygens (including phenoxy) is 1.